The molecule has 2 N–H and O–H groups in total. The van der Waals surface area contributed by atoms with Crippen molar-refractivity contribution in [2.75, 3.05) is 4.90 Å². The van der Waals surface area contributed by atoms with Gasteiger partial charge in [-0.05, 0) is 42.5 Å². The number of anilines is 2. The summed E-state index contributed by atoms with van der Waals surface area (Å²) in [5.74, 6) is -2.82. The van der Waals surface area contributed by atoms with Crippen LogP contribution < -0.4 is 4.90 Å². The second kappa shape index (κ2) is 8.24. The molecule has 33 heavy (non-hydrogen) atoms. The van der Waals surface area contributed by atoms with Gasteiger partial charge < -0.3 is 10.2 Å². The van der Waals surface area contributed by atoms with E-state index in [1.165, 1.54) is 30.3 Å². The first-order valence-corrected chi connectivity index (χ1v) is 10.4. The van der Waals surface area contributed by atoms with E-state index in [-0.39, 0.29) is 27.5 Å². The van der Waals surface area contributed by atoms with E-state index in [1.54, 1.807) is 12.1 Å². The number of fused-ring (bicyclic) bond motifs is 1. The molecule has 0 radical (unpaired) electrons. The summed E-state index contributed by atoms with van der Waals surface area (Å²) in [6, 6.07) is 11.5. The fourth-order valence-electron chi connectivity index (χ4n) is 3.61. The van der Waals surface area contributed by atoms with Crippen molar-refractivity contribution in [3.63, 3.8) is 0 Å². The molecule has 10 heteroatoms. The van der Waals surface area contributed by atoms with Gasteiger partial charge in [0.25, 0.3) is 5.91 Å². The zero-order valence-electron chi connectivity index (χ0n) is 16.3. The van der Waals surface area contributed by atoms with Crippen molar-refractivity contribution < 1.29 is 33.0 Å². The lowest BCUT2D eigenvalue weighted by atomic mass is 9.98. The van der Waals surface area contributed by atoms with Crippen LogP contribution in [0.3, 0.4) is 0 Å². The SMILES string of the molecule is O=C(O)c1ccc(N2C(=O)C(=Cc3c(Cl)cccc3Br)c3c2cccc3C(F)(F)F)cc1O. The Morgan fingerprint density at radius 2 is 1.79 bits per heavy atom. The summed E-state index contributed by atoms with van der Waals surface area (Å²) in [6.07, 6.45) is -3.48. The summed E-state index contributed by atoms with van der Waals surface area (Å²) in [4.78, 5) is 25.6. The van der Waals surface area contributed by atoms with Gasteiger partial charge in [0.2, 0.25) is 0 Å². The number of hydrogen-bond acceptors (Lipinski definition) is 3. The van der Waals surface area contributed by atoms with Crippen LogP contribution in [0.1, 0.15) is 27.0 Å². The Morgan fingerprint density at radius 1 is 1.09 bits per heavy atom. The van der Waals surface area contributed by atoms with Crippen LogP contribution in [-0.2, 0) is 11.0 Å². The number of hydrogen-bond donors (Lipinski definition) is 2. The number of rotatable bonds is 3. The molecule has 1 aliphatic rings. The van der Waals surface area contributed by atoms with E-state index < -0.39 is 34.9 Å². The molecule has 1 amide bonds. The molecule has 168 valence electrons. The number of carboxylic acid groups (broad SMARTS) is 1. The van der Waals surface area contributed by atoms with E-state index in [0.29, 0.717) is 10.0 Å². The van der Waals surface area contributed by atoms with Gasteiger partial charge in [-0.15, -0.1) is 0 Å². The Labute approximate surface area is 198 Å². The zero-order chi connectivity index (χ0) is 24.1. The highest BCUT2D eigenvalue weighted by Gasteiger charge is 2.43. The minimum absolute atomic E-state index is 0.00435. The zero-order valence-corrected chi connectivity index (χ0v) is 18.7. The maximum absolute atomic E-state index is 13.9. The minimum atomic E-state index is -4.76. The van der Waals surface area contributed by atoms with E-state index in [4.69, 9.17) is 16.7 Å². The molecule has 0 saturated heterocycles. The smallest absolute Gasteiger partial charge is 0.417 e. The number of carbonyl (C=O) groups is 2. The van der Waals surface area contributed by atoms with Crippen molar-refractivity contribution in [2.45, 2.75) is 6.18 Å². The Hall–Kier alpha value is -3.30. The molecule has 0 aliphatic carbocycles. The third-order valence-corrected chi connectivity index (χ3v) is 6.07. The van der Waals surface area contributed by atoms with Crippen LogP contribution in [0.5, 0.6) is 5.75 Å². The summed E-state index contributed by atoms with van der Waals surface area (Å²) in [7, 11) is 0. The third-order valence-electron chi connectivity index (χ3n) is 5.05. The van der Waals surface area contributed by atoms with Gasteiger partial charge >= 0.3 is 12.1 Å². The number of aromatic carboxylic acids is 1. The lowest BCUT2D eigenvalue weighted by Gasteiger charge is -2.18. The highest BCUT2D eigenvalue weighted by molar-refractivity contribution is 9.10. The molecule has 0 atom stereocenters. The number of alkyl halides is 3. The van der Waals surface area contributed by atoms with E-state index in [1.807, 2.05) is 0 Å². The van der Waals surface area contributed by atoms with E-state index in [2.05, 4.69) is 15.9 Å². The number of aromatic hydroxyl groups is 1. The van der Waals surface area contributed by atoms with Crippen LogP contribution in [0.4, 0.5) is 24.5 Å². The van der Waals surface area contributed by atoms with Crippen molar-refractivity contribution in [2.24, 2.45) is 0 Å². The van der Waals surface area contributed by atoms with Gasteiger partial charge in [0.05, 0.1) is 22.5 Å². The summed E-state index contributed by atoms with van der Waals surface area (Å²) < 4.78 is 42.1. The lowest BCUT2D eigenvalue weighted by Crippen LogP contribution is -2.20. The van der Waals surface area contributed by atoms with Gasteiger partial charge in [-0.2, -0.15) is 13.2 Å². The number of carbonyl (C=O) groups excluding carboxylic acids is 1. The number of amides is 1. The van der Waals surface area contributed by atoms with Crippen molar-refractivity contribution in [1.29, 1.82) is 0 Å². The van der Waals surface area contributed by atoms with Crippen molar-refractivity contribution in [3.8, 4) is 5.75 Å². The van der Waals surface area contributed by atoms with E-state index in [9.17, 15) is 27.9 Å². The molecule has 1 heterocycles. The summed E-state index contributed by atoms with van der Waals surface area (Å²) in [6.45, 7) is 0. The Bertz CT molecular complexity index is 1330. The van der Waals surface area contributed by atoms with Crippen molar-refractivity contribution >= 4 is 62.4 Å². The number of benzene rings is 3. The number of carboxylic acids is 1. The molecule has 0 saturated carbocycles. The predicted octanol–water partition coefficient (Wildman–Crippen LogP) is 6.74. The predicted molar refractivity (Wildman–Crippen MR) is 121 cm³/mol. The van der Waals surface area contributed by atoms with Crippen LogP contribution in [0.2, 0.25) is 5.02 Å². The highest BCUT2D eigenvalue weighted by Crippen LogP contribution is 2.49. The van der Waals surface area contributed by atoms with Gasteiger partial charge in [-0.3, -0.25) is 9.69 Å². The first-order chi connectivity index (χ1) is 15.5. The van der Waals surface area contributed by atoms with Gasteiger partial charge in [0, 0.05) is 26.7 Å². The average molecular weight is 539 g/mol. The maximum Gasteiger partial charge on any atom is 0.417 e. The fraction of sp³-hybridized carbons (Fsp3) is 0.0435. The first-order valence-electron chi connectivity index (χ1n) is 9.27. The first kappa shape index (κ1) is 22.9. The molecule has 0 fully saturated rings. The summed E-state index contributed by atoms with van der Waals surface area (Å²) in [5.41, 5.74) is -1.77. The quantitative estimate of drug-likeness (QED) is 0.362. The second-order valence-corrected chi connectivity index (χ2v) is 8.30. The topological polar surface area (TPSA) is 77.8 Å². The van der Waals surface area contributed by atoms with Gasteiger partial charge in [-0.1, -0.05) is 39.7 Å². The largest absolute Gasteiger partial charge is 0.507 e. The number of halogens is 5. The molecule has 4 rings (SSSR count). The Kier molecular flexibility index (Phi) is 5.71. The standard InChI is InChI=1S/C23H12BrClF3NO4/c24-16-4-2-5-17(25)13(16)10-14-20-15(23(26,27)28)3-1-6-18(20)29(21(14)31)11-7-8-12(22(32)33)19(30)9-11/h1-10,30H,(H,32,33). The lowest BCUT2D eigenvalue weighted by molar-refractivity contribution is -0.137. The van der Waals surface area contributed by atoms with Crippen LogP contribution in [0.25, 0.3) is 11.6 Å². The maximum atomic E-state index is 13.9. The molecule has 0 bridgehead atoms. The number of nitrogens with zero attached hydrogens (tertiary/aromatic N) is 1. The fourth-order valence-corrected chi connectivity index (χ4v) is 4.43. The van der Waals surface area contributed by atoms with Crippen LogP contribution in [-0.4, -0.2) is 22.1 Å². The second-order valence-electron chi connectivity index (χ2n) is 7.04. The minimum Gasteiger partial charge on any atom is -0.507 e. The van der Waals surface area contributed by atoms with E-state index in [0.717, 1.165) is 23.1 Å². The highest BCUT2D eigenvalue weighted by atomic mass is 79.9. The van der Waals surface area contributed by atoms with E-state index >= 15 is 0 Å². The van der Waals surface area contributed by atoms with Gasteiger partial charge in [0.1, 0.15) is 11.3 Å². The molecule has 5 nitrogen and oxygen atoms in total. The molecular weight excluding hydrogens is 527 g/mol. The molecule has 3 aromatic rings. The third kappa shape index (κ3) is 3.98. The molecule has 0 unspecified atom stereocenters. The van der Waals surface area contributed by atoms with Crippen LogP contribution in [0.15, 0.2) is 59.1 Å². The Morgan fingerprint density at radius 3 is 2.39 bits per heavy atom. The monoisotopic (exact) mass is 537 g/mol. The molecule has 3 aromatic carbocycles. The van der Waals surface area contributed by atoms with Gasteiger partial charge in [0.15, 0.2) is 0 Å². The molecule has 1 aliphatic heterocycles. The summed E-state index contributed by atoms with van der Waals surface area (Å²) in [5, 5.41) is 19.4. The molecule has 0 spiro atoms. The van der Waals surface area contributed by atoms with Crippen molar-refractivity contribution in [1.82, 2.24) is 0 Å². The Balaban J connectivity index is 1.99. The van der Waals surface area contributed by atoms with Crippen LogP contribution in [0, 0.1) is 0 Å². The van der Waals surface area contributed by atoms with Crippen LogP contribution >= 0.6 is 27.5 Å². The normalized spacial score (nSPS) is 14.6. The van der Waals surface area contributed by atoms with Crippen molar-refractivity contribution in [3.05, 3.63) is 86.3 Å². The number of phenols is 1. The molecule has 0 aromatic heterocycles. The average Bonchev–Trinajstić information content (AvgIpc) is 3.01. The summed E-state index contributed by atoms with van der Waals surface area (Å²) >= 11 is 9.52. The van der Waals surface area contributed by atoms with Gasteiger partial charge in [-0.25, -0.2) is 4.79 Å². The molecular formula is C23H12BrClF3NO4.